The van der Waals surface area contributed by atoms with E-state index in [1.807, 2.05) is 0 Å². The normalized spacial score (nSPS) is 18.3. The molecule has 0 aromatic rings. The summed E-state index contributed by atoms with van der Waals surface area (Å²) in [6.07, 6.45) is 1.61. The third-order valence-electron chi connectivity index (χ3n) is 1.42. The highest BCUT2D eigenvalue weighted by molar-refractivity contribution is 5.11. The molecular weight excluding hydrogens is 133 g/mol. The SMILES string of the molecule is C/C=C(/NC)C(C)(F)CO. The van der Waals surface area contributed by atoms with E-state index in [1.165, 1.54) is 6.92 Å². The molecule has 2 nitrogen and oxygen atoms in total. The van der Waals surface area contributed by atoms with Crippen molar-refractivity contribution in [1.82, 2.24) is 5.32 Å². The molecule has 0 radical (unpaired) electrons. The lowest BCUT2D eigenvalue weighted by atomic mass is 10.1. The summed E-state index contributed by atoms with van der Waals surface area (Å²) in [6, 6.07) is 0. The summed E-state index contributed by atoms with van der Waals surface area (Å²) >= 11 is 0. The Morgan fingerprint density at radius 1 is 1.80 bits per heavy atom. The molecule has 0 aromatic carbocycles. The summed E-state index contributed by atoms with van der Waals surface area (Å²) in [5, 5.41) is 11.2. The molecule has 0 aromatic heterocycles. The van der Waals surface area contributed by atoms with Crippen LogP contribution in [0.4, 0.5) is 4.39 Å². The Hall–Kier alpha value is -0.570. The molecule has 0 rings (SSSR count). The van der Waals surface area contributed by atoms with Gasteiger partial charge in [0, 0.05) is 12.7 Å². The molecule has 1 unspecified atom stereocenters. The third kappa shape index (κ3) is 1.99. The van der Waals surface area contributed by atoms with Crippen molar-refractivity contribution >= 4 is 0 Å². The molecule has 0 bridgehead atoms. The van der Waals surface area contributed by atoms with Crippen molar-refractivity contribution in [2.45, 2.75) is 19.5 Å². The first kappa shape index (κ1) is 9.43. The Morgan fingerprint density at radius 2 is 2.30 bits per heavy atom. The summed E-state index contributed by atoms with van der Waals surface area (Å²) in [4.78, 5) is 0. The van der Waals surface area contributed by atoms with Crippen molar-refractivity contribution in [2.24, 2.45) is 0 Å². The highest BCUT2D eigenvalue weighted by Crippen LogP contribution is 2.17. The lowest BCUT2D eigenvalue weighted by Gasteiger charge is -2.20. The molecule has 3 heteroatoms. The minimum Gasteiger partial charge on any atom is -0.393 e. The maximum Gasteiger partial charge on any atom is 0.169 e. The monoisotopic (exact) mass is 147 g/mol. The van der Waals surface area contributed by atoms with Gasteiger partial charge in [-0.2, -0.15) is 0 Å². The van der Waals surface area contributed by atoms with Crippen LogP contribution < -0.4 is 5.32 Å². The van der Waals surface area contributed by atoms with E-state index in [0.29, 0.717) is 5.70 Å². The zero-order valence-electron chi connectivity index (χ0n) is 6.61. The van der Waals surface area contributed by atoms with Crippen LogP contribution in [0.2, 0.25) is 0 Å². The van der Waals surface area contributed by atoms with E-state index in [1.54, 1.807) is 20.0 Å². The average Bonchev–Trinajstić information content (AvgIpc) is 1.90. The predicted octanol–water partition coefficient (Wildman–Crippen LogP) is 0.830. The molecule has 0 amide bonds. The maximum atomic E-state index is 13.1. The van der Waals surface area contributed by atoms with E-state index >= 15 is 0 Å². The fraction of sp³-hybridized carbons (Fsp3) is 0.714. The van der Waals surface area contributed by atoms with Crippen LogP contribution in [0.3, 0.4) is 0 Å². The predicted molar refractivity (Wildman–Crippen MR) is 39.4 cm³/mol. The van der Waals surface area contributed by atoms with Crippen LogP contribution in [-0.4, -0.2) is 24.4 Å². The van der Waals surface area contributed by atoms with E-state index < -0.39 is 12.3 Å². The van der Waals surface area contributed by atoms with Crippen molar-refractivity contribution in [1.29, 1.82) is 0 Å². The van der Waals surface area contributed by atoms with Gasteiger partial charge in [-0.1, -0.05) is 6.08 Å². The molecule has 0 saturated heterocycles. The number of aliphatic hydroxyl groups is 1. The van der Waals surface area contributed by atoms with E-state index in [4.69, 9.17) is 5.11 Å². The fourth-order valence-corrected chi connectivity index (χ4v) is 0.791. The first-order valence-corrected chi connectivity index (χ1v) is 3.22. The molecule has 1 atom stereocenters. The summed E-state index contributed by atoms with van der Waals surface area (Å²) in [5.74, 6) is 0. The van der Waals surface area contributed by atoms with Gasteiger partial charge in [0.05, 0.1) is 6.61 Å². The molecular formula is C7H14FNO. The van der Waals surface area contributed by atoms with Gasteiger partial charge in [-0.3, -0.25) is 0 Å². The van der Waals surface area contributed by atoms with Gasteiger partial charge in [0.1, 0.15) is 0 Å². The van der Waals surface area contributed by atoms with Crippen molar-refractivity contribution in [2.75, 3.05) is 13.7 Å². The van der Waals surface area contributed by atoms with Crippen LogP contribution in [0.25, 0.3) is 0 Å². The largest absolute Gasteiger partial charge is 0.393 e. The number of allylic oxidation sites excluding steroid dienone is 1. The van der Waals surface area contributed by atoms with Gasteiger partial charge in [-0.05, 0) is 13.8 Å². The van der Waals surface area contributed by atoms with Crippen molar-refractivity contribution in [3.05, 3.63) is 11.8 Å². The standard InChI is InChI=1S/C7H14FNO/c1-4-6(9-3)7(2,8)5-10/h4,9-10H,5H2,1-3H3/b6-4+. The zero-order chi connectivity index (χ0) is 8.20. The molecule has 0 heterocycles. The molecule has 0 aliphatic rings. The Labute approximate surface area is 60.7 Å². The average molecular weight is 147 g/mol. The number of hydrogen-bond acceptors (Lipinski definition) is 2. The van der Waals surface area contributed by atoms with Gasteiger partial charge in [0.25, 0.3) is 0 Å². The van der Waals surface area contributed by atoms with Crippen LogP contribution >= 0.6 is 0 Å². The maximum absolute atomic E-state index is 13.1. The van der Waals surface area contributed by atoms with Crippen LogP contribution in [0.1, 0.15) is 13.8 Å². The summed E-state index contributed by atoms with van der Waals surface area (Å²) in [6.45, 7) is 2.56. The van der Waals surface area contributed by atoms with Crippen molar-refractivity contribution in [3.63, 3.8) is 0 Å². The summed E-state index contributed by atoms with van der Waals surface area (Å²) < 4.78 is 13.1. The Kier molecular flexibility index (Phi) is 3.36. The minimum atomic E-state index is -1.64. The van der Waals surface area contributed by atoms with Gasteiger partial charge in [-0.15, -0.1) is 0 Å². The van der Waals surface area contributed by atoms with Crippen molar-refractivity contribution in [3.8, 4) is 0 Å². The Bertz CT molecular complexity index is 132. The first-order chi connectivity index (χ1) is 4.58. The number of rotatable bonds is 3. The molecule has 0 saturated carbocycles. The molecule has 60 valence electrons. The van der Waals surface area contributed by atoms with Gasteiger partial charge < -0.3 is 10.4 Å². The summed E-state index contributed by atoms with van der Waals surface area (Å²) in [5.41, 5.74) is -1.22. The van der Waals surface area contributed by atoms with Gasteiger partial charge >= 0.3 is 0 Å². The lowest BCUT2D eigenvalue weighted by Crippen LogP contribution is -2.32. The number of alkyl halides is 1. The molecule has 2 N–H and O–H groups in total. The van der Waals surface area contributed by atoms with Crippen molar-refractivity contribution < 1.29 is 9.50 Å². The number of aliphatic hydroxyl groups excluding tert-OH is 1. The highest BCUT2D eigenvalue weighted by Gasteiger charge is 2.25. The fourth-order valence-electron chi connectivity index (χ4n) is 0.791. The second-order valence-corrected chi connectivity index (χ2v) is 2.31. The number of hydrogen-bond donors (Lipinski definition) is 2. The smallest absolute Gasteiger partial charge is 0.169 e. The zero-order valence-corrected chi connectivity index (χ0v) is 6.61. The minimum absolute atomic E-state index is 0.412. The lowest BCUT2D eigenvalue weighted by molar-refractivity contribution is 0.115. The van der Waals surface area contributed by atoms with Gasteiger partial charge in [0.15, 0.2) is 5.67 Å². The molecule has 0 spiro atoms. The van der Waals surface area contributed by atoms with Crippen LogP contribution in [0, 0.1) is 0 Å². The highest BCUT2D eigenvalue weighted by atomic mass is 19.1. The van der Waals surface area contributed by atoms with Crippen LogP contribution in [0.15, 0.2) is 11.8 Å². The van der Waals surface area contributed by atoms with Gasteiger partial charge in [0.2, 0.25) is 0 Å². The van der Waals surface area contributed by atoms with E-state index in [9.17, 15) is 4.39 Å². The Morgan fingerprint density at radius 3 is 2.40 bits per heavy atom. The first-order valence-electron chi connectivity index (χ1n) is 3.22. The second-order valence-electron chi connectivity index (χ2n) is 2.31. The van der Waals surface area contributed by atoms with E-state index in [2.05, 4.69) is 5.32 Å². The number of halogens is 1. The molecule has 10 heavy (non-hydrogen) atoms. The molecule has 0 aliphatic heterocycles. The molecule has 0 fully saturated rings. The van der Waals surface area contributed by atoms with E-state index in [0.717, 1.165) is 0 Å². The van der Waals surface area contributed by atoms with Gasteiger partial charge in [-0.25, -0.2) is 4.39 Å². The quantitative estimate of drug-likeness (QED) is 0.619. The Balaban J connectivity index is 4.28. The second kappa shape index (κ2) is 3.56. The summed E-state index contributed by atoms with van der Waals surface area (Å²) in [7, 11) is 1.63. The number of nitrogens with one attached hydrogen (secondary N) is 1. The third-order valence-corrected chi connectivity index (χ3v) is 1.42. The van der Waals surface area contributed by atoms with Crippen LogP contribution in [-0.2, 0) is 0 Å². The van der Waals surface area contributed by atoms with E-state index in [-0.39, 0.29) is 0 Å². The molecule has 0 aliphatic carbocycles. The topological polar surface area (TPSA) is 32.3 Å². The van der Waals surface area contributed by atoms with Crippen LogP contribution in [0.5, 0.6) is 0 Å².